The van der Waals surface area contributed by atoms with Crippen molar-refractivity contribution in [3.63, 3.8) is 0 Å². The molecule has 2 aromatic carbocycles. The van der Waals surface area contributed by atoms with E-state index in [0.29, 0.717) is 11.3 Å². The molecule has 0 unspecified atom stereocenters. The Morgan fingerprint density at radius 1 is 1.30 bits per heavy atom. The van der Waals surface area contributed by atoms with Crippen LogP contribution in [0.3, 0.4) is 0 Å². The predicted octanol–water partition coefficient (Wildman–Crippen LogP) is 2.56. The summed E-state index contributed by atoms with van der Waals surface area (Å²) in [5, 5.41) is 8.85. The maximum absolute atomic E-state index is 13.3. The van der Waals surface area contributed by atoms with Crippen LogP contribution in [0.5, 0.6) is 0 Å². The van der Waals surface area contributed by atoms with Gasteiger partial charge in [0.05, 0.1) is 11.6 Å². The first-order valence-corrected chi connectivity index (χ1v) is 5.85. The maximum Gasteiger partial charge on any atom is 0.258 e. The molecule has 0 aliphatic rings. The van der Waals surface area contributed by atoms with Crippen molar-refractivity contribution in [1.29, 1.82) is 5.26 Å². The second-order valence-corrected chi connectivity index (χ2v) is 4.30. The average molecular weight is 269 g/mol. The Labute approximate surface area is 115 Å². The normalized spacial score (nSPS) is 9.85. The van der Waals surface area contributed by atoms with Gasteiger partial charge >= 0.3 is 0 Å². The molecule has 100 valence electrons. The summed E-state index contributed by atoms with van der Waals surface area (Å²) >= 11 is 0. The lowest BCUT2D eigenvalue weighted by molar-refractivity contribution is 0.0992. The number of carbonyl (C=O) groups is 1. The van der Waals surface area contributed by atoms with Gasteiger partial charge in [-0.1, -0.05) is 6.07 Å². The van der Waals surface area contributed by atoms with E-state index in [-0.39, 0.29) is 11.3 Å². The van der Waals surface area contributed by atoms with Crippen molar-refractivity contribution in [2.45, 2.75) is 0 Å². The number of amides is 1. The molecule has 2 aromatic rings. The SMILES string of the molecule is CN(C(=O)c1cc(N)cc(F)c1)c1cccc(C#N)c1. The molecule has 0 aliphatic carbocycles. The molecule has 0 radical (unpaired) electrons. The zero-order valence-corrected chi connectivity index (χ0v) is 10.8. The minimum atomic E-state index is -0.562. The van der Waals surface area contributed by atoms with Gasteiger partial charge in [-0.3, -0.25) is 4.79 Å². The summed E-state index contributed by atoms with van der Waals surface area (Å²) in [6.07, 6.45) is 0. The summed E-state index contributed by atoms with van der Waals surface area (Å²) in [6, 6.07) is 12.3. The molecule has 0 atom stereocenters. The summed E-state index contributed by atoms with van der Waals surface area (Å²) in [7, 11) is 1.56. The Balaban J connectivity index is 2.35. The third-order valence-electron chi connectivity index (χ3n) is 2.83. The molecule has 0 bridgehead atoms. The van der Waals surface area contributed by atoms with E-state index < -0.39 is 11.7 Å². The molecule has 5 heteroatoms. The van der Waals surface area contributed by atoms with Crippen molar-refractivity contribution in [2.75, 3.05) is 17.7 Å². The van der Waals surface area contributed by atoms with E-state index in [1.807, 2.05) is 6.07 Å². The van der Waals surface area contributed by atoms with Gasteiger partial charge in [0.15, 0.2) is 0 Å². The van der Waals surface area contributed by atoms with E-state index in [4.69, 9.17) is 11.0 Å². The molecule has 2 rings (SSSR count). The third kappa shape index (κ3) is 2.75. The highest BCUT2D eigenvalue weighted by atomic mass is 19.1. The number of nitrogens with zero attached hydrogens (tertiary/aromatic N) is 2. The van der Waals surface area contributed by atoms with Crippen molar-refractivity contribution >= 4 is 17.3 Å². The lowest BCUT2D eigenvalue weighted by Crippen LogP contribution is -2.26. The first kappa shape index (κ1) is 13.6. The highest BCUT2D eigenvalue weighted by molar-refractivity contribution is 6.06. The van der Waals surface area contributed by atoms with E-state index in [9.17, 15) is 9.18 Å². The summed E-state index contributed by atoms with van der Waals surface area (Å²) < 4.78 is 13.3. The number of nitriles is 1. The van der Waals surface area contributed by atoms with Crippen molar-refractivity contribution in [3.8, 4) is 6.07 Å². The van der Waals surface area contributed by atoms with Crippen LogP contribution in [0.2, 0.25) is 0 Å². The minimum absolute atomic E-state index is 0.160. The van der Waals surface area contributed by atoms with Gasteiger partial charge in [0, 0.05) is 24.0 Å². The molecule has 2 N–H and O–H groups in total. The monoisotopic (exact) mass is 269 g/mol. The predicted molar refractivity (Wildman–Crippen MR) is 74.7 cm³/mol. The van der Waals surface area contributed by atoms with Gasteiger partial charge in [-0.05, 0) is 36.4 Å². The van der Waals surface area contributed by atoms with Crippen LogP contribution in [-0.4, -0.2) is 13.0 Å². The fourth-order valence-electron chi connectivity index (χ4n) is 1.83. The molecule has 0 aliphatic heterocycles. The van der Waals surface area contributed by atoms with Gasteiger partial charge in [-0.15, -0.1) is 0 Å². The Hall–Kier alpha value is -2.87. The average Bonchev–Trinajstić information content (AvgIpc) is 2.44. The zero-order chi connectivity index (χ0) is 14.7. The van der Waals surface area contributed by atoms with Crippen LogP contribution in [0.4, 0.5) is 15.8 Å². The topological polar surface area (TPSA) is 70.1 Å². The summed E-state index contributed by atoms with van der Waals surface area (Å²) in [5.74, 6) is -0.959. The van der Waals surface area contributed by atoms with E-state index in [2.05, 4.69) is 0 Å². The van der Waals surface area contributed by atoms with Crippen LogP contribution in [0.1, 0.15) is 15.9 Å². The van der Waals surface area contributed by atoms with Gasteiger partial charge in [0.1, 0.15) is 5.82 Å². The van der Waals surface area contributed by atoms with E-state index in [1.54, 1.807) is 31.3 Å². The number of rotatable bonds is 2. The Kier molecular flexibility index (Phi) is 3.67. The summed E-state index contributed by atoms with van der Waals surface area (Å²) in [5.41, 5.74) is 6.87. The van der Waals surface area contributed by atoms with Gasteiger partial charge in [0.25, 0.3) is 5.91 Å². The third-order valence-corrected chi connectivity index (χ3v) is 2.83. The Morgan fingerprint density at radius 3 is 2.70 bits per heavy atom. The largest absolute Gasteiger partial charge is 0.399 e. The second-order valence-electron chi connectivity index (χ2n) is 4.30. The first-order chi connectivity index (χ1) is 9.51. The highest BCUT2D eigenvalue weighted by Crippen LogP contribution is 2.19. The fourth-order valence-corrected chi connectivity index (χ4v) is 1.83. The Bertz CT molecular complexity index is 686. The van der Waals surface area contributed by atoms with Crippen LogP contribution in [0, 0.1) is 17.1 Å². The van der Waals surface area contributed by atoms with Gasteiger partial charge in [-0.2, -0.15) is 5.26 Å². The minimum Gasteiger partial charge on any atom is -0.399 e. The molecule has 0 saturated heterocycles. The molecule has 0 saturated carbocycles. The molecule has 20 heavy (non-hydrogen) atoms. The van der Waals surface area contributed by atoms with Crippen LogP contribution in [0.15, 0.2) is 42.5 Å². The number of nitrogen functional groups attached to an aromatic ring is 1. The van der Waals surface area contributed by atoms with E-state index >= 15 is 0 Å². The number of hydrogen-bond donors (Lipinski definition) is 1. The van der Waals surface area contributed by atoms with Crippen molar-refractivity contribution in [2.24, 2.45) is 0 Å². The zero-order valence-electron chi connectivity index (χ0n) is 10.8. The number of halogens is 1. The quantitative estimate of drug-likeness (QED) is 0.852. The number of benzene rings is 2. The van der Waals surface area contributed by atoms with Crippen molar-refractivity contribution < 1.29 is 9.18 Å². The lowest BCUT2D eigenvalue weighted by Gasteiger charge is -2.17. The molecule has 0 aromatic heterocycles. The summed E-state index contributed by atoms with van der Waals surface area (Å²) in [6.45, 7) is 0. The van der Waals surface area contributed by atoms with Crippen LogP contribution >= 0.6 is 0 Å². The van der Waals surface area contributed by atoms with Crippen molar-refractivity contribution in [3.05, 3.63) is 59.4 Å². The number of nitrogens with two attached hydrogens (primary N) is 1. The molecule has 1 amide bonds. The standard InChI is InChI=1S/C15H12FN3O/c1-19(14-4-2-3-10(5-14)9-17)15(20)11-6-12(16)8-13(18)7-11/h2-8H,18H2,1H3. The van der Waals surface area contributed by atoms with Gasteiger partial charge < -0.3 is 10.6 Å². The lowest BCUT2D eigenvalue weighted by atomic mass is 10.1. The van der Waals surface area contributed by atoms with Crippen LogP contribution in [0.25, 0.3) is 0 Å². The van der Waals surface area contributed by atoms with Crippen molar-refractivity contribution in [1.82, 2.24) is 0 Å². The van der Waals surface area contributed by atoms with E-state index in [0.717, 1.165) is 12.1 Å². The fraction of sp³-hybridized carbons (Fsp3) is 0.0667. The maximum atomic E-state index is 13.3. The molecule has 0 fully saturated rings. The second kappa shape index (κ2) is 5.41. The molecule has 0 heterocycles. The first-order valence-electron chi connectivity index (χ1n) is 5.85. The number of carbonyl (C=O) groups excluding carboxylic acids is 1. The number of hydrogen-bond acceptors (Lipinski definition) is 3. The van der Waals surface area contributed by atoms with E-state index in [1.165, 1.54) is 11.0 Å². The highest BCUT2D eigenvalue weighted by Gasteiger charge is 2.15. The smallest absolute Gasteiger partial charge is 0.258 e. The van der Waals surface area contributed by atoms with Gasteiger partial charge in [0.2, 0.25) is 0 Å². The Morgan fingerprint density at radius 2 is 2.05 bits per heavy atom. The molecule has 4 nitrogen and oxygen atoms in total. The molecular weight excluding hydrogens is 257 g/mol. The number of anilines is 2. The van der Waals surface area contributed by atoms with Crippen LogP contribution in [-0.2, 0) is 0 Å². The molecule has 0 spiro atoms. The molecular formula is C15H12FN3O. The van der Waals surface area contributed by atoms with Gasteiger partial charge in [-0.25, -0.2) is 4.39 Å². The van der Waals surface area contributed by atoms with Crippen LogP contribution < -0.4 is 10.6 Å². The summed E-state index contributed by atoms with van der Waals surface area (Å²) in [4.78, 5) is 13.6.